The van der Waals surface area contributed by atoms with Crippen LogP contribution in [0.5, 0.6) is 0 Å². The SMILES string of the molecule is C/C=[C]/c1cccc2cc3ccccc3cc12. The summed E-state index contributed by atoms with van der Waals surface area (Å²) in [5.41, 5.74) is 1.16. The van der Waals surface area contributed by atoms with Crippen LogP contribution in [-0.4, -0.2) is 0 Å². The van der Waals surface area contributed by atoms with Crippen LogP contribution in [0.1, 0.15) is 12.5 Å². The molecule has 0 atom stereocenters. The van der Waals surface area contributed by atoms with E-state index in [4.69, 9.17) is 0 Å². The van der Waals surface area contributed by atoms with Crippen molar-refractivity contribution in [2.45, 2.75) is 6.92 Å². The van der Waals surface area contributed by atoms with Gasteiger partial charge in [0.2, 0.25) is 0 Å². The van der Waals surface area contributed by atoms with Crippen LogP contribution < -0.4 is 0 Å². The summed E-state index contributed by atoms with van der Waals surface area (Å²) in [4.78, 5) is 0. The molecular formula is C17H13. The van der Waals surface area contributed by atoms with E-state index in [1.807, 2.05) is 13.0 Å². The Hall–Kier alpha value is -2.08. The monoisotopic (exact) mass is 217 g/mol. The fourth-order valence-electron chi connectivity index (χ4n) is 2.25. The summed E-state index contributed by atoms with van der Waals surface area (Å²) < 4.78 is 0. The minimum absolute atomic E-state index is 1.16. The first kappa shape index (κ1) is 10.1. The molecule has 0 aliphatic heterocycles. The first-order valence-corrected chi connectivity index (χ1v) is 5.84. The Labute approximate surface area is 101 Å². The number of allylic oxidation sites excluding steroid dienone is 1. The third-order valence-electron chi connectivity index (χ3n) is 3.05. The van der Waals surface area contributed by atoms with E-state index in [-0.39, 0.29) is 0 Å². The number of hydrogen-bond acceptors (Lipinski definition) is 0. The van der Waals surface area contributed by atoms with Crippen LogP contribution in [0.3, 0.4) is 0 Å². The highest BCUT2D eigenvalue weighted by atomic mass is 14.0. The van der Waals surface area contributed by atoms with Gasteiger partial charge in [0.25, 0.3) is 0 Å². The molecule has 0 bridgehead atoms. The van der Waals surface area contributed by atoms with E-state index in [1.54, 1.807) is 0 Å². The maximum absolute atomic E-state index is 3.29. The Kier molecular flexibility index (Phi) is 2.41. The number of fused-ring (bicyclic) bond motifs is 2. The smallest absolute Gasteiger partial charge is 0.00989 e. The first-order chi connectivity index (χ1) is 8.38. The zero-order valence-electron chi connectivity index (χ0n) is 9.77. The molecule has 17 heavy (non-hydrogen) atoms. The molecule has 0 aliphatic rings. The molecule has 1 radical (unpaired) electrons. The normalized spacial score (nSPS) is 11.6. The predicted octanol–water partition coefficient (Wildman–Crippen LogP) is 4.72. The number of rotatable bonds is 1. The zero-order chi connectivity index (χ0) is 11.7. The van der Waals surface area contributed by atoms with E-state index < -0.39 is 0 Å². The minimum Gasteiger partial charge on any atom is -0.0791 e. The van der Waals surface area contributed by atoms with Crippen LogP contribution >= 0.6 is 0 Å². The topological polar surface area (TPSA) is 0 Å². The van der Waals surface area contributed by atoms with Crippen molar-refractivity contribution >= 4 is 21.5 Å². The van der Waals surface area contributed by atoms with Gasteiger partial charge in [0.05, 0.1) is 0 Å². The fourth-order valence-corrected chi connectivity index (χ4v) is 2.25. The summed E-state index contributed by atoms with van der Waals surface area (Å²) in [6.45, 7) is 2.00. The van der Waals surface area contributed by atoms with Gasteiger partial charge in [0.15, 0.2) is 0 Å². The van der Waals surface area contributed by atoms with E-state index in [9.17, 15) is 0 Å². The van der Waals surface area contributed by atoms with Crippen LogP contribution in [0.25, 0.3) is 21.5 Å². The van der Waals surface area contributed by atoms with Crippen LogP contribution in [0.2, 0.25) is 0 Å². The van der Waals surface area contributed by atoms with Crippen molar-refractivity contribution < 1.29 is 0 Å². The Morgan fingerprint density at radius 3 is 2.29 bits per heavy atom. The lowest BCUT2D eigenvalue weighted by atomic mass is 9.99. The van der Waals surface area contributed by atoms with Crippen LogP contribution in [0.15, 0.2) is 60.7 Å². The molecule has 0 N–H and O–H groups in total. The quantitative estimate of drug-likeness (QED) is 0.517. The maximum Gasteiger partial charge on any atom is -0.00989 e. The van der Waals surface area contributed by atoms with Gasteiger partial charge in [-0.2, -0.15) is 0 Å². The van der Waals surface area contributed by atoms with Gasteiger partial charge in [0, 0.05) is 0 Å². The highest BCUT2D eigenvalue weighted by Gasteiger charge is 2.00. The summed E-state index contributed by atoms with van der Waals surface area (Å²) in [5, 5.41) is 5.11. The van der Waals surface area contributed by atoms with E-state index in [2.05, 4.69) is 60.7 Å². The summed E-state index contributed by atoms with van der Waals surface area (Å²) in [7, 11) is 0. The standard InChI is InChI=1S/C17H13/c1-2-6-13-9-5-10-16-11-14-7-3-4-8-15(14)12-17(13)16/h2-5,7-12H,1H3. The van der Waals surface area contributed by atoms with Crippen LogP contribution in [0, 0.1) is 6.08 Å². The molecule has 0 amide bonds. The third kappa shape index (κ3) is 1.72. The Morgan fingerprint density at radius 2 is 1.53 bits per heavy atom. The summed E-state index contributed by atoms with van der Waals surface area (Å²) in [6.07, 6.45) is 5.25. The van der Waals surface area contributed by atoms with Gasteiger partial charge in [0.1, 0.15) is 0 Å². The van der Waals surface area contributed by atoms with Gasteiger partial charge < -0.3 is 0 Å². The van der Waals surface area contributed by atoms with Crippen LogP contribution in [0.4, 0.5) is 0 Å². The molecule has 0 saturated heterocycles. The molecule has 0 nitrogen and oxygen atoms in total. The summed E-state index contributed by atoms with van der Waals surface area (Å²) in [6, 6.07) is 19.3. The average molecular weight is 217 g/mol. The molecule has 0 fully saturated rings. The molecule has 0 heterocycles. The van der Waals surface area contributed by atoms with Crippen molar-refractivity contribution in [1.82, 2.24) is 0 Å². The molecule has 3 aromatic rings. The summed E-state index contributed by atoms with van der Waals surface area (Å²) >= 11 is 0. The second kappa shape index (κ2) is 4.06. The Morgan fingerprint density at radius 1 is 0.824 bits per heavy atom. The second-order valence-corrected chi connectivity index (χ2v) is 4.16. The molecule has 0 spiro atoms. The largest absolute Gasteiger partial charge is 0.0791 e. The molecule has 0 aliphatic carbocycles. The highest BCUT2D eigenvalue weighted by Crippen LogP contribution is 2.25. The Balaban J connectivity index is 2.43. The zero-order valence-corrected chi connectivity index (χ0v) is 9.77. The van der Waals surface area contributed by atoms with E-state index in [0.717, 1.165) is 5.56 Å². The van der Waals surface area contributed by atoms with Crippen molar-refractivity contribution in [2.75, 3.05) is 0 Å². The van der Waals surface area contributed by atoms with Crippen molar-refractivity contribution in [3.63, 3.8) is 0 Å². The highest BCUT2D eigenvalue weighted by molar-refractivity contribution is 5.99. The lowest BCUT2D eigenvalue weighted by Gasteiger charge is -2.04. The minimum atomic E-state index is 1.16. The lowest BCUT2D eigenvalue weighted by Crippen LogP contribution is -1.81. The molecule has 0 saturated carbocycles. The van der Waals surface area contributed by atoms with E-state index in [1.165, 1.54) is 21.5 Å². The van der Waals surface area contributed by atoms with Gasteiger partial charge in [-0.1, -0.05) is 48.5 Å². The molecular weight excluding hydrogens is 204 g/mol. The van der Waals surface area contributed by atoms with Crippen molar-refractivity contribution in [3.05, 3.63) is 72.3 Å². The van der Waals surface area contributed by atoms with E-state index >= 15 is 0 Å². The molecule has 0 aromatic heterocycles. The van der Waals surface area contributed by atoms with E-state index in [0.29, 0.717) is 0 Å². The van der Waals surface area contributed by atoms with Gasteiger partial charge in [-0.05, 0) is 52.2 Å². The third-order valence-corrected chi connectivity index (χ3v) is 3.05. The lowest BCUT2D eigenvalue weighted by molar-refractivity contribution is 1.59. The average Bonchev–Trinajstić information content (AvgIpc) is 2.37. The van der Waals surface area contributed by atoms with Crippen molar-refractivity contribution in [2.24, 2.45) is 0 Å². The molecule has 81 valence electrons. The summed E-state index contributed by atoms with van der Waals surface area (Å²) in [5.74, 6) is 0. The first-order valence-electron chi connectivity index (χ1n) is 5.84. The molecule has 3 aromatic carbocycles. The molecule has 0 heteroatoms. The number of benzene rings is 3. The second-order valence-electron chi connectivity index (χ2n) is 4.16. The van der Waals surface area contributed by atoms with Gasteiger partial charge in [-0.3, -0.25) is 0 Å². The van der Waals surface area contributed by atoms with Crippen molar-refractivity contribution in [3.8, 4) is 0 Å². The predicted molar refractivity (Wildman–Crippen MR) is 74.0 cm³/mol. The fraction of sp³-hybridized carbons (Fsp3) is 0.0588. The Bertz CT molecular complexity index is 705. The van der Waals surface area contributed by atoms with Crippen molar-refractivity contribution in [1.29, 1.82) is 0 Å². The maximum atomic E-state index is 3.29. The van der Waals surface area contributed by atoms with Gasteiger partial charge in [-0.15, -0.1) is 0 Å². The number of hydrogen-bond donors (Lipinski definition) is 0. The van der Waals surface area contributed by atoms with Gasteiger partial charge in [-0.25, -0.2) is 0 Å². The van der Waals surface area contributed by atoms with Gasteiger partial charge >= 0.3 is 0 Å². The van der Waals surface area contributed by atoms with Crippen LogP contribution in [-0.2, 0) is 0 Å². The molecule has 0 unspecified atom stereocenters. The molecule has 3 rings (SSSR count).